The van der Waals surface area contributed by atoms with Gasteiger partial charge in [-0.2, -0.15) is 19.8 Å². The number of hydrogen-bond acceptors (Lipinski definition) is 1. The van der Waals surface area contributed by atoms with Crippen LogP contribution in [0.4, 0.5) is 0 Å². The standard InChI is InChI=1S/C27H32O.2H3P/c1-19-17-25(24(27(5,6)7)18-23(19)26(2,3)4)28-22-15-13-21(14-16-22)20-11-9-8-10-12-20;;/h8-18H,1-7H3;2*1H3. The van der Waals surface area contributed by atoms with Crippen molar-refractivity contribution in [2.45, 2.75) is 59.3 Å². The van der Waals surface area contributed by atoms with Crippen LogP contribution in [0.2, 0.25) is 0 Å². The lowest BCUT2D eigenvalue weighted by molar-refractivity contribution is 0.452. The molecule has 0 saturated carbocycles. The summed E-state index contributed by atoms with van der Waals surface area (Å²) >= 11 is 0. The van der Waals surface area contributed by atoms with E-state index in [-0.39, 0.29) is 30.6 Å². The molecule has 0 aromatic heterocycles. The molecule has 30 heavy (non-hydrogen) atoms. The van der Waals surface area contributed by atoms with Gasteiger partial charge < -0.3 is 4.74 Å². The SMILES string of the molecule is Cc1cc(Oc2ccc(-c3ccccc3)cc2)c(C(C)(C)C)cc1C(C)(C)C.P.P. The van der Waals surface area contributed by atoms with Gasteiger partial charge in [0.15, 0.2) is 0 Å². The second-order valence-electron chi connectivity index (χ2n) is 9.66. The molecule has 0 aliphatic heterocycles. The highest BCUT2D eigenvalue weighted by Gasteiger charge is 2.25. The van der Waals surface area contributed by atoms with E-state index in [1.54, 1.807) is 0 Å². The smallest absolute Gasteiger partial charge is 0.131 e. The molecule has 3 aromatic rings. The highest BCUT2D eigenvalue weighted by atomic mass is 31.0. The first-order valence-electron chi connectivity index (χ1n) is 10.0. The van der Waals surface area contributed by atoms with Crippen molar-refractivity contribution in [3.05, 3.63) is 83.4 Å². The van der Waals surface area contributed by atoms with E-state index in [1.807, 2.05) is 6.07 Å². The molecule has 3 rings (SSSR count). The van der Waals surface area contributed by atoms with Crippen LogP contribution in [0.15, 0.2) is 66.7 Å². The van der Waals surface area contributed by atoms with Gasteiger partial charge in [-0.25, -0.2) is 0 Å². The Bertz CT molecular complexity index is 947. The van der Waals surface area contributed by atoms with Gasteiger partial charge in [-0.1, -0.05) is 90.1 Å². The molecule has 0 saturated heterocycles. The maximum absolute atomic E-state index is 6.38. The second-order valence-corrected chi connectivity index (χ2v) is 9.66. The molecule has 1 nitrogen and oxygen atoms in total. The minimum atomic E-state index is 0. The van der Waals surface area contributed by atoms with Crippen molar-refractivity contribution in [2.24, 2.45) is 0 Å². The van der Waals surface area contributed by atoms with Crippen molar-refractivity contribution in [1.29, 1.82) is 0 Å². The van der Waals surface area contributed by atoms with Crippen LogP contribution < -0.4 is 4.74 Å². The topological polar surface area (TPSA) is 9.23 Å². The Morgan fingerprint density at radius 2 is 1.10 bits per heavy atom. The zero-order chi connectivity index (χ0) is 20.5. The Balaban J connectivity index is 0.00000225. The molecule has 0 amide bonds. The predicted octanol–water partition coefficient (Wildman–Crippen LogP) is 8.17. The average Bonchev–Trinajstić information content (AvgIpc) is 2.61. The molecule has 2 atom stereocenters. The van der Waals surface area contributed by atoms with Crippen LogP contribution in [0.3, 0.4) is 0 Å². The predicted molar refractivity (Wildman–Crippen MR) is 143 cm³/mol. The highest BCUT2D eigenvalue weighted by Crippen LogP contribution is 2.39. The molecule has 0 spiro atoms. The average molecular weight is 441 g/mol. The summed E-state index contributed by atoms with van der Waals surface area (Å²) in [5.41, 5.74) is 6.43. The first kappa shape index (κ1) is 26.4. The fraction of sp³-hybridized carbons (Fsp3) is 0.333. The monoisotopic (exact) mass is 440 g/mol. The van der Waals surface area contributed by atoms with Crippen LogP contribution in [-0.4, -0.2) is 0 Å². The Kier molecular flexibility index (Phi) is 8.86. The molecular weight excluding hydrogens is 402 g/mol. The lowest BCUT2D eigenvalue weighted by atomic mass is 9.78. The molecule has 0 bridgehead atoms. The second kappa shape index (κ2) is 10.1. The number of ether oxygens (including phenoxy) is 1. The van der Waals surface area contributed by atoms with Gasteiger partial charge >= 0.3 is 0 Å². The van der Waals surface area contributed by atoms with Gasteiger partial charge in [0, 0.05) is 5.56 Å². The Hall–Kier alpha value is -1.68. The summed E-state index contributed by atoms with van der Waals surface area (Å²) in [5, 5.41) is 0. The van der Waals surface area contributed by atoms with Gasteiger partial charge in [-0.3, -0.25) is 0 Å². The zero-order valence-electron chi connectivity index (χ0n) is 19.7. The first-order chi connectivity index (χ1) is 13.1. The Labute approximate surface area is 189 Å². The lowest BCUT2D eigenvalue weighted by Crippen LogP contribution is -2.18. The van der Waals surface area contributed by atoms with Crippen LogP contribution in [0.5, 0.6) is 11.5 Å². The van der Waals surface area contributed by atoms with E-state index in [0.717, 1.165) is 11.5 Å². The van der Waals surface area contributed by atoms with Gasteiger partial charge in [0.2, 0.25) is 0 Å². The van der Waals surface area contributed by atoms with Crippen LogP contribution in [-0.2, 0) is 10.8 Å². The molecule has 0 aliphatic rings. The van der Waals surface area contributed by atoms with E-state index in [2.05, 4.69) is 109 Å². The van der Waals surface area contributed by atoms with Gasteiger partial charge in [-0.15, -0.1) is 0 Å². The third-order valence-electron chi connectivity index (χ3n) is 5.13. The summed E-state index contributed by atoms with van der Waals surface area (Å²) in [6.07, 6.45) is 0. The summed E-state index contributed by atoms with van der Waals surface area (Å²) < 4.78 is 6.38. The summed E-state index contributed by atoms with van der Waals surface area (Å²) in [4.78, 5) is 0. The van der Waals surface area contributed by atoms with Gasteiger partial charge in [0.1, 0.15) is 11.5 Å². The molecule has 3 aromatic carbocycles. The van der Waals surface area contributed by atoms with Crippen molar-refractivity contribution < 1.29 is 4.74 Å². The normalized spacial score (nSPS) is 11.3. The molecule has 0 N–H and O–H groups in total. The van der Waals surface area contributed by atoms with Gasteiger partial charge in [0.25, 0.3) is 0 Å². The van der Waals surface area contributed by atoms with Gasteiger partial charge in [-0.05, 0) is 58.2 Å². The number of hydrogen-bond donors (Lipinski definition) is 0. The molecule has 3 heteroatoms. The maximum atomic E-state index is 6.38. The fourth-order valence-corrected chi connectivity index (χ4v) is 3.63. The molecule has 2 unspecified atom stereocenters. The fourth-order valence-electron chi connectivity index (χ4n) is 3.63. The lowest BCUT2D eigenvalue weighted by Gasteiger charge is -2.29. The highest BCUT2D eigenvalue weighted by molar-refractivity contribution is 6.92. The van der Waals surface area contributed by atoms with E-state index in [4.69, 9.17) is 4.74 Å². The Morgan fingerprint density at radius 1 is 0.600 bits per heavy atom. The van der Waals surface area contributed by atoms with E-state index < -0.39 is 0 Å². The van der Waals surface area contributed by atoms with E-state index in [9.17, 15) is 0 Å². The van der Waals surface area contributed by atoms with Crippen LogP contribution >= 0.6 is 19.8 Å². The molecular formula is C27H38OP2. The Morgan fingerprint density at radius 3 is 1.60 bits per heavy atom. The van der Waals surface area contributed by atoms with Crippen LogP contribution in [0.25, 0.3) is 11.1 Å². The van der Waals surface area contributed by atoms with Gasteiger partial charge in [0.05, 0.1) is 0 Å². The summed E-state index contributed by atoms with van der Waals surface area (Å²) in [5.74, 6) is 1.82. The largest absolute Gasteiger partial charge is 0.457 e. The van der Waals surface area contributed by atoms with E-state index in [0.29, 0.717) is 0 Å². The number of benzene rings is 3. The minimum absolute atomic E-state index is 0. The number of aryl methyl sites for hydroxylation is 1. The molecule has 0 aliphatic carbocycles. The zero-order valence-corrected chi connectivity index (χ0v) is 22.5. The minimum Gasteiger partial charge on any atom is -0.457 e. The molecule has 0 radical (unpaired) electrons. The van der Waals surface area contributed by atoms with E-state index >= 15 is 0 Å². The third-order valence-corrected chi connectivity index (χ3v) is 5.13. The van der Waals surface area contributed by atoms with Crippen LogP contribution in [0.1, 0.15) is 58.2 Å². The van der Waals surface area contributed by atoms with E-state index in [1.165, 1.54) is 27.8 Å². The van der Waals surface area contributed by atoms with Crippen molar-refractivity contribution in [2.75, 3.05) is 0 Å². The van der Waals surface area contributed by atoms with Crippen molar-refractivity contribution in [3.63, 3.8) is 0 Å². The third kappa shape index (κ3) is 6.16. The quantitative estimate of drug-likeness (QED) is 0.373. The summed E-state index contributed by atoms with van der Waals surface area (Å²) in [7, 11) is 0. The summed E-state index contributed by atoms with van der Waals surface area (Å²) in [6.45, 7) is 15.7. The summed E-state index contributed by atoms with van der Waals surface area (Å²) in [6, 6.07) is 23.3. The van der Waals surface area contributed by atoms with Crippen molar-refractivity contribution in [1.82, 2.24) is 0 Å². The molecule has 162 valence electrons. The van der Waals surface area contributed by atoms with Crippen LogP contribution in [0, 0.1) is 6.92 Å². The molecule has 0 heterocycles. The first-order valence-corrected chi connectivity index (χ1v) is 10.0. The number of rotatable bonds is 3. The van der Waals surface area contributed by atoms with Crippen molar-refractivity contribution in [3.8, 4) is 22.6 Å². The maximum Gasteiger partial charge on any atom is 0.131 e. The van der Waals surface area contributed by atoms with Crippen molar-refractivity contribution >= 4 is 19.8 Å². The molecule has 0 fully saturated rings.